The Labute approximate surface area is 172 Å². The van der Waals surface area contributed by atoms with Gasteiger partial charge in [0, 0.05) is 6.04 Å². The van der Waals surface area contributed by atoms with E-state index < -0.39 is 12.2 Å². The van der Waals surface area contributed by atoms with Crippen molar-refractivity contribution in [2.75, 3.05) is 13.2 Å². The van der Waals surface area contributed by atoms with Crippen LogP contribution in [0, 0.1) is 0 Å². The number of aliphatic hydroxyl groups is 1. The summed E-state index contributed by atoms with van der Waals surface area (Å²) in [7, 11) is 0. The maximum atomic E-state index is 11.5. The predicted molar refractivity (Wildman–Crippen MR) is 111 cm³/mol. The first-order chi connectivity index (χ1) is 13.9. The average molecular weight is 419 g/mol. The largest absolute Gasteiger partial charge is 0.465 e. The Kier molecular flexibility index (Phi) is 5.46. The van der Waals surface area contributed by atoms with Gasteiger partial charge in [-0.3, -0.25) is 4.98 Å². The molecular formula is C20H26N4O4S. The summed E-state index contributed by atoms with van der Waals surface area (Å²) in [5, 5.41) is 21.7. The van der Waals surface area contributed by atoms with Gasteiger partial charge in [-0.2, -0.15) is 0 Å². The number of aliphatic hydroxyl groups excluding tert-OH is 1. The van der Waals surface area contributed by atoms with Crippen LogP contribution in [0.1, 0.15) is 51.6 Å². The van der Waals surface area contributed by atoms with Crippen LogP contribution in [0.3, 0.4) is 0 Å². The lowest BCUT2D eigenvalue weighted by Crippen LogP contribution is -2.44. The predicted octanol–water partition coefficient (Wildman–Crippen LogP) is 3.81. The lowest BCUT2D eigenvalue weighted by atomic mass is 10.0. The third kappa shape index (κ3) is 3.70. The van der Waals surface area contributed by atoms with Gasteiger partial charge >= 0.3 is 6.09 Å². The van der Waals surface area contributed by atoms with Gasteiger partial charge in [-0.1, -0.05) is 0 Å². The van der Waals surface area contributed by atoms with Crippen LogP contribution in [-0.4, -0.2) is 61.0 Å². The number of hydrogen-bond acceptors (Lipinski definition) is 6. The lowest BCUT2D eigenvalue weighted by Gasteiger charge is -2.34. The fourth-order valence-electron chi connectivity index (χ4n) is 4.03. The number of rotatable bonds is 5. The van der Waals surface area contributed by atoms with Gasteiger partial charge < -0.3 is 24.4 Å². The summed E-state index contributed by atoms with van der Waals surface area (Å²) in [6.07, 6.45) is 1.58. The monoisotopic (exact) mass is 418 g/mol. The Hall–Kier alpha value is -2.23. The summed E-state index contributed by atoms with van der Waals surface area (Å²) in [5.41, 5.74) is 2.68. The molecule has 2 N–H and O–H groups in total. The van der Waals surface area contributed by atoms with E-state index in [1.807, 2.05) is 25.3 Å². The summed E-state index contributed by atoms with van der Waals surface area (Å²) in [5.74, 6) is 0.615. The Morgan fingerprint density at radius 3 is 2.79 bits per heavy atom. The molecule has 1 aliphatic rings. The first kappa shape index (κ1) is 20.1. The number of amides is 1. The van der Waals surface area contributed by atoms with Gasteiger partial charge in [0.15, 0.2) is 0 Å². The van der Waals surface area contributed by atoms with E-state index in [2.05, 4.69) is 14.5 Å². The Balaban J connectivity index is 1.62. The third-order valence-corrected chi connectivity index (χ3v) is 6.42. The van der Waals surface area contributed by atoms with E-state index in [1.165, 1.54) is 4.90 Å². The highest BCUT2D eigenvalue weighted by molar-refractivity contribution is 7.18. The maximum absolute atomic E-state index is 11.5. The number of thiophene rings is 1. The normalized spacial score (nSPS) is 21.1. The molecule has 3 atom stereocenters. The van der Waals surface area contributed by atoms with Crippen molar-refractivity contribution in [3.63, 3.8) is 0 Å². The molecule has 0 bridgehead atoms. The molecule has 4 heterocycles. The molecule has 9 heteroatoms. The van der Waals surface area contributed by atoms with Crippen LogP contribution in [0.4, 0.5) is 4.79 Å². The van der Waals surface area contributed by atoms with Gasteiger partial charge in [0.05, 0.1) is 47.2 Å². The zero-order valence-corrected chi connectivity index (χ0v) is 17.6. The maximum Gasteiger partial charge on any atom is 0.407 e. The Morgan fingerprint density at radius 2 is 2.17 bits per heavy atom. The van der Waals surface area contributed by atoms with Crippen molar-refractivity contribution in [1.29, 1.82) is 0 Å². The zero-order chi connectivity index (χ0) is 20.7. The fourth-order valence-corrected chi connectivity index (χ4v) is 4.92. The average Bonchev–Trinajstić information content (AvgIpc) is 3.30. The first-order valence-electron chi connectivity index (χ1n) is 9.90. The fraction of sp³-hybridized carbons (Fsp3) is 0.550. The molecule has 0 aliphatic carbocycles. The SMILES string of the molecule is CC(C)N(C[C@H]1CC[C@H](n2c([C@@H](C)O)nc3cnc4ccsc4c32)CO1)C(=O)O. The van der Waals surface area contributed by atoms with Crippen molar-refractivity contribution in [3.8, 4) is 0 Å². The molecule has 3 aromatic rings. The molecule has 156 valence electrons. The van der Waals surface area contributed by atoms with Crippen molar-refractivity contribution in [3.05, 3.63) is 23.5 Å². The van der Waals surface area contributed by atoms with Gasteiger partial charge in [0.1, 0.15) is 17.4 Å². The molecule has 0 aromatic carbocycles. The number of aromatic nitrogens is 3. The van der Waals surface area contributed by atoms with Crippen molar-refractivity contribution < 1.29 is 19.7 Å². The van der Waals surface area contributed by atoms with E-state index in [0.717, 1.165) is 34.1 Å². The molecule has 0 radical (unpaired) electrons. The van der Waals surface area contributed by atoms with Crippen LogP contribution in [0.2, 0.25) is 0 Å². The second kappa shape index (κ2) is 7.89. The second-order valence-electron chi connectivity index (χ2n) is 7.86. The van der Waals surface area contributed by atoms with Gasteiger partial charge in [-0.15, -0.1) is 11.3 Å². The van der Waals surface area contributed by atoms with Gasteiger partial charge in [-0.05, 0) is 45.1 Å². The number of ether oxygens (including phenoxy) is 1. The van der Waals surface area contributed by atoms with Crippen LogP contribution in [-0.2, 0) is 4.74 Å². The van der Waals surface area contributed by atoms with Crippen molar-refractivity contribution in [2.45, 2.75) is 57.9 Å². The van der Waals surface area contributed by atoms with Crippen LogP contribution >= 0.6 is 11.3 Å². The third-order valence-electron chi connectivity index (χ3n) is 5.51. The first-order valence-corrected chi connectivity index (χ1v) is 10.8. The van der Waals surface area contributed by atoms with E-state index in [-0.39, 0.29) is 18.2 Å². The minimum absolute atomic E-state index is 0.0332. The quantitative estimate of drug-likeness (QED) is 0.653. The topological polar surface area (TPSA) is 101 Å². The Bertz CT molecular complexity index is 1020. The highest BCUT2D eigenvalue weighted by atomic mass is 32.1. The molecule has 29 heavy (non-hydrogen) atoms. The number of pyridine rings is 1. The second-order valence-corrected chi connectivity index (χ2v) is 8.77. The number of carboxylic acid groups (broad SMARTS) is 1. The summed E-state index contributed by atoms with van der Waals surface area (Å²) in [6, 6.07) is 1.93. The summed E-state index contributed by atoms with van der Waals surface area (Å²) in [4.78, 5) is 22.0. The molecule has 1 amide bonds. The number of carbonyl (C=O) groups is 1. The number of fused-ring (bicyclic) bond motifs is 3. The van der Waals surface area contributed by atoms with Crippen molar-refractivity contribution in [1.82, 2.24) is 19.4 Å². The van der Waals surface area contributed by atoms with E-state index in [4.69, 9.17) is 4.74 Å². The molecule has 8 nitrogen and oxygen atoms in total. The van der Waals surface area contributed by atoms with E-state index in [1.54, 1.807) is 24.5 Å². The number of hydrogen-bond donors (Lipinski definition) is 2. The molecule has 0 saturated carbocycles. The minimum Gasteiger partial charge on any atom is -0.465 e. The highest BCUT2D eigenvalue weighted by Crippen LogP contribution is 2.36. The highest BCUT2D eigenvalue weighted by Gasteiger charge is 2.30. The van der Waals surface area contributed by atoms with Gasteiger partial charge in [-0.25, -0.2) is 9.78 Å². The standard InChI is InChI=1S/C20H26N4O4S/c1-11(2)23(20(26)27)9-14-5-4-13(10-28-14)24-17-16(22-19(24)12(3)25)8-21-15-6-7-29-18(15)17/h6-8,11-14,25H,4-5,9-10H2,1-3H3,(H,26,27)/t12-,13+,14-/m1/s1. The van der Waals surface area contributed by atoms with Crippen LogP contribution in [0.15, 0.2) is 17.6 Å². The summed E-state index contributed by atoms with van der Waals surface area (Å²) >= 11 is 1.62. The van der Waals surface area contributed by atoms with Crippen molar-refractivity contribution in [2.24, 2.45) is 0 Å². The molecule has 0 unspecified atom stereocenters. The lowest BCUT2D eigenvalue weighted by molar-refractivity contribution is -0.0304. The molecule has 0 spiro atoms. The van der Waals surface area contributed by atoms with Crippen molar-refractivity contribution >= 4 is 38.7 Å². The molecule has 3 aromatic heterocycles. The van der Waals surface area contributed by atoms with Gasteiger partial charge in [0.2, 0.25) is 0 Å². The summed E-state index contributed by atoms with van der Waals surface area (Å²) in [6.45, 7) is 6.28. The van der Waals surface area contributed by atoms with E-state index >= 15 is 0 Å². The molecule has 1 aliphatic heterocycles. The number of imidazole rings is 1. The Morgan fingerprint density at radius 1 is 1.38 bits per heavy atom. The van der Waals surface area contributed by atoms with Crippen LogP contribution in [0.25, 0.3) is 21.3 Å². The molecule has 1 saturated heterocycles. The molecule has 4 rings (SSSR count). The molecular weight excluding hydrogens is 392 g/mol. The van der Waals surface area contributed by atoms with E-state index in [0.29, 0.717) is 19.0 Å². The van der Waals surface area contributed by atoms with E-state index in [9.17, 15) is 15.0 Å². The number of nitrogens with zero attached hydrogens (tertiary/aromatic N) is 4. The molecule has 1 fully saturated rings. The minimum atomic E-state index is -0.921. The zero-order valence-electron chi connectivity index (χ0n) is 16.8. The van der Waals surface area contributed by atoms with Crippen LogP contribution in [0.5, 0.6) is 0 Å². The van der Waals surface area contributed by atoms with Crippen LogP contribution < -0.4 is 0 Å². The summed E-state index contributed by atoms with van der Waals surface area (Å²) < 4.78 is 9.24. The smallest absolute Gasteiger partial charge is 0.407 e. The van der Waals surface area contributed by atoms with Gasteiger partial charge in [0.25, 0.3) is 0 Å².